The van der Waals surface area contributed by atoms with Crippen LogP contribution in [0.25, 0.3) is 11.2 Å². The Morgan fingerprint density at radius 3 is 2.78 bits per heavy atom. The van der Waals surface area contributed by atoms with E-state index in [9.17, 15) is 4.79 Å². The zero-order valence-corrected chi connectivity index (χ0v) is 18.8. The standard InChI is InChI=1S/C20H26ClN7O4/c1-27-5-3-13(4-6-27)32-18-14(21)9-12(10-23-18)11-28-17-15(24-20(28)29)16(22)25-19(26-17)31-8-7-30-2/h9-10,13H,3-8,11H2,1-2H3,(H,24,29)(H2,22,25,26). The lowest BCUT2D eigenvalue weighted by atomic mass is 10.1. The van der Waals surface area contributed by atoms with Gasteiger partial charge in [0, 0.05) is 26.4 Å². The third-order valence-electron chi connectivity index (χ3n) is 5.30. The molecule has 32 heavy (non-hydrogen) atoms. The van der Waals surface area contributed by atoms with Gasteiger partial charge in [-0.1, -0.05) is 11.6 Å². The molecule has 0 aromatic carbocycles. The maximum Gasteiger partial charge on any atom is 0.328 e. The Balaban J connectivity index is 1.54. The van der Waals surface area contributed by atoms with Gasteiger partial charge in [0.1, 0.15) is 23.3 Å². The average molecular weight is 464 g/mol. The van der Waals surface area contributed by atoms with Crippen LogP contribution in [0, 0.1) is 0 Å². The number of fused-ring (bicyclic) bond motifs is 1. The molecule has 3 N–H and O–H groups in total. The highest BCUT2D eigenvalue weighted by molar-refractivity contribution is 6.31. The Hall–Kier alpha value is -2.89. The smallest absolute Gasteiger partial charge is 0.328 e. The first-order chi connectivity index (χ1) is 15.4. The Kier molecular flexibility index (Phi) is 6.77. The van der Waals surface area contributed by atoms with Gasteiger partial charge in [-0.3, -0.25) is 4.57 Å². The van der Waals surface area contributed by atoms with E-state index in [-0.39, 0.29) is 36.8 Å². The predicted octanol–water partition coefficient (Wildman–Crippen LogP) is 1.30. The largest absolute Gasteiger partial charge is 0.473 e. The third-order valence-corrected chi connectivity index (χ3v) is 5.57. The van der Waals surface area contributed by atoms with E-state index in [1.54, 1.807) is 19.4 Å². The maximum absolute atomic E-state index is 12.5. The van der Waals surface area contributed by atoms with Gasteiger partial charge in [0.2, 0.25) is 5.88 Å². The number of nitrogen functional groups attached to an aromatic ring is 1. The van der Waals surface area contributed by atoms with Gasteiger partial charge >= 0.3 is 11.7 Å². The van der Waals surface area contributed by atoms with Crippen molar-refractivity contribution < 1.29 is 14.2 Å². The molecule has 4 heterocycles. The minimum absolute atomic E-state index is 0.0674. The van der Waals surface area contributed by atoms with Crippen LogP contribution in [0.2, 0.25) is 5.02 Å². The van der Waals surface area contributed by atoms with Crippen LogP contribution < -0.4 is 20.9 Å². The van der Waals surface area contributed by atoms with Crippen molar-refractivity contribution in [2.75, 3.05) is 46.2 Å². The lowest BCUT2D eigenvalue weighted by molar-refractivity contribution is 0.110. The van der Waals surface area contributed by atoms with Crippen molar-refractivity contribution in [3.63, 3.8) is 0 Å². The molecule has 4 rings (SSSR count). The summed E-state index contributed by atoms with van der Waals surface area (Å²) in [4.78, 5) is 30.3. The van der Waals surface area contributed by atoms with Crippen LogP contribution in [0.15, 0.2) is 17.1 Å². The Bertz CT molecular complexity index is 1140. The summed E-state index contributed by atoms with van der Waals surface area (Å²) < 4.78 is 17.8. The first-order valence-corrected chi connectivity index (χ1v) is 10.7. The van der Waals surface area contributed by atoms with Crippen molar-refractivity contribution in [2.45, 2.75) is 25.5 Å². The molecule has 1 aliphatic rings. The molecule has 172 valence electrons. The first kappa shape index (κ1) is 22.3. The number of pyridine rings is 1. The van der Waals surface area contributed by atoms with Crippen LogP contribution in [-0.2, 0) is 11.3 Å². The monoisotopic (exact) mass is 463 g/mol. The van der Waals surface area contributed by atoms with Crippen LogP contribution in [0.3, 0.4) is 0 Å². The van der Waals surface area contributed by atoms with E-state index in [2.05, 4.69) is 31.9 Å². The topological polar surface area (TPSA) is 133 Å². The molecule has 1 fully saturated rings. The molecule has 0 amide bonds. The fourth-order valence-corrected chi connectivity index (χ4v) is 3.77. The second-order valence-corrected chi connectivity index (χ2v) is 8.11. The van der Waals surface area contributed by atoms with Gasteiger partial charge in [0.05, 0.1) is 13.2 Å². The predicted molar refractivity (Wildman–Crippen MR) is 119 cm³/mol. The first-order valence-electron chi connectivity index (χ1n) is 10.3. The van der Waals surface area contributed by atoms with Gasteiger partial charge in [-0.05, 0) is 31.5 Å². The Labute approximate surface area is 189 Å². The van der Waals surface area contributed by atoms with Crippen LogP contribution >= 0.6 is 11.6 Å². The van der Waals surface area contributed by atoms with Crippen molar-refractivity contribution in [1.29, 1.82) is 0 Å². The molecule has 1 aliphatic heterocycles. The van der Waals surface area contributed by atoms with Gasteiger partial charge in [0.15, 0.2) is 11.5 Å². The number of methoxy groups -OCH3 is 1. The van der Waals surface area contributed by atoms with Crippen LogP contribution in [0.5, 0.6) is 11.9 Å². The normalized spacial score (nSPS) is 15.3. The highest BCUT2D eigenvalue weighted by Crippen LogP contribution is 2.26. The number of anilines is 1. The molecule has 12 heteroatoms. The van der Waals surface area contributed by atoms with E-state index in [0.717, 1.165) is 25.9 Å². The molecule has 3 aromatic rings. The van der Waals surface area contributed by atoms with Gasteiger partial charge < -0.3 is 29.8 Å². The van der Waals surface area contributed by atoms with Crippen LogP contribution in [0.4, 0.5) is 5.82 Å². The second kappa shape index (κ2) is 9.72. The average Bonchev–Trinajstić information content (AvgIpc) is 3.08. The number of ether oxygens (including phenoxy) is 3. The van der Waals surface area contributed by atoms with E-state index >= 15 is 0 Å². The highest BCUT2D eigenvalue weighted by Gasteiger charge is 2.20. The van der Waals surface area contributed by atoms with Crippen LogP contribution in [0.1, 0.15) is 18.4 Å². The van der Waals surface area contributed by atoms with Crippen molar-refractivity contribution in [3.05, 3.63) is 33.3 Å². The van der Waals surface area contributed by atoms with E-state index < -0.39 is 0 Å². The number of H-pyrrole nitrogens is 1. The summed E-state index contributed by atoms with van der Waals surface area (Å²) in [5.74, 6) is 0.521. The summed E-state index contributed by atoms with van der Waals surface area (Å²) >= 11 is 6.43. The Morgan fingerprint density at radius 2 is 2.06 bits per heavy atom. The number of nitrogens with two attached hydrogens (primary N) is 1. The van der Waals surface area contributed by atoms with E-state index in [4.69, 9.17) is 31.5 Å². The molecular weight excluding hydrogens is 438 g/mol. The summed E-state index contributed by atoms with van der Waals surface area (Å²) in [7, 11) is 3.66. The number of imidazole rings is 1. The van der Waals surface area contributed by atoms with E-state index in [1.807, 2.05) is 0 Å². The van der Waals surface area contributed by atoms with E-state index in [0.29, 0.717) is 34.2 Å². The lowest BCUT2D eigenvalue weighted by Gasteiger charge is -2.29. The number of halogens is 1. The Morgan fingerprint density at radius 1 is 1.28 bits per heavy atom. The fraction of sp³-hybridized carbons (Fsp3) is 0.500. The lowest BCUT2D eigenvalue weighted by Crippen LogP contribution is -2.35. The molecule has 1 saturated heterocycles. The van der Waals surface area contributed by atoms with Crippen molar-refractivity contribution >= 4 is 28.6 Å². The molecule has 11 nitrogen and oxygen atoms in total. The number of hydrogen-bond acceptors (Lipinski definition) is 9. The fourth-order valence-electron chi connectivity index (χ4n) is 3.54. The SMILES string of the molecule is COCCOc1nc(N)c2[nH]c(=O)n(Cc3cnc(OC4CCN(C)CC4)c(Cl)c3)c2n1. The maximum atomic E-state index is 12.5. The number of nitrogens with one attached hydrogen (secondary N) is 1. The zero-order valence-electron chi connectivity index (χ0n) is 18.0. The number of aromatic amines is 1. The molecule has 3 aromatic heterocycles. The minimum atomic E-state index is -0.377. The third kappa shape index (κ3) is 4.95. The molecule has 0 bridgehead atoms. The van der Waals surface area contributed by atoms with E-state index in [1.165, 1.54) is 4.57 Å². The van der Waals surface area contributed by atoms with Crippen molar-refractivity contribution in [2.24, 2.45) is 0 Å². The van der Waals surface area contributed by atoms with Gasteiger partial charge in [0.25, 0.3) is 0 Å². The minimum Gasteiger partial charge on any atom is -0.473 e. The van der Waals surface area contributed by atoms with Crippen molar-refractivity contribution in [3.8, 4) is 11.9 Å². The molecule has 0 atom stereocenters. The number of nitrogens with zero attached hydrogens (tertiary/aromatic N) is 5. The number of rotatable bonds is 8. The number of piperidine rings is 1. The zero-order chi connectivity index (χ0) is 22.7. The summed E-state index contributed by atoms with van der Waals surface area (Å²) in [6.07, 6.45) is 3.59. The van der Waals surface area contributed by atoms with Gasteiger partial charge in [-0.2, -0.15) is 9.97 Å². The summed E-state index contributed by atoms with van der Waals surface area (Å²) in [5, 5.41) is 0.395. The molecule has 0 unspecified atom stereocenters. The molecular formula is C20H26ClN7O4. The number of aromatic nitrogens is 5. The molecule has 0 saturated carbocycles. The second-order valence-electron chi connectivity index (χ2n) is 7.70. The molecule has 0 radical (unpaired) electrons. The van der Waals surface area contributed by atoms with Gasteiger partial charge in [-0.15, -0.1) is 0 Å². The van der Waals surface area contributed by atoms with Gasteiger partial charge in [-0.25, -0.2) is 9.78 Å². The summed E-state index contributed by atoms with van der Waals surface area (Å²) in [5.41, 5.74) is 6.99. The van der Waals surface area contributed by atoms with Crippen LogP contribution in [-0.4, -0.2) is 76.0 Å². The number of likely N-dealkylation sites (tertiary alicyclic amines) is 1. The summed E-state index contributed by atoms with van der Waals surface area (Å²) in [6.45, 7) is 2.78. The highest BCUT2D eigenvalue weighted by atomic mass is 35.5. The molecule has 0 spiro atoms. The quantitative estimate of drug-likeness (QED) is 0.474. The summed E-state index contributed by atoms with van der Waals surface area (Å²) in [6, 6.07) is 1.81. The van der Waals surface area contributed by atoms with Crippen molar-refractivity contribution in [1.82, 2.24) is 29.4 Å². The number of hydrogen-bond donors (Lipinski definition) is 2. The molecule has 0 aliphatic carbocycles.